The van der Waals surface area contributed by atoms with Crippen LogP contribution in [0, 0.1) is 12.3 Å². The van der Waals surface area contributed by atoms with Crippen molar-refractivity contribution >= 4 is 23.1 Å². The molecule has 1 aromatic carbocycles. The monoisotopic (exact) mass is 499 g/mol. The SMILES string of the molecule is Cc1ncsc1-c1ccc(C2(C)N=C(C3C[C@@H](O)CN3C(=O)C(NC(C)C)C(C)(C)C)NO2)cc1. The molecular formula is C26H37N5O3S. The Morgan fingerprint density at radius 3 is 2.57 bits per heavy atom. The van der Waals surface area contributed by atoms with Gasteiger partial charge >= 0.3 is 0 Å². The Hall–Kier alpha value is -2.33. The van der Waals surface area contributed by atoms with Crippen molar-refractivity contribution in [3.63, 3.8) is 0 Å². The Bertz CT molecular complexity index is 1090. The van der Waals surface area contributed by atoms with Crippen molar-refractivity contribution in [1.82, 2.24) is 20.7 Å². The van der Waals surface area contributed by atoms with Gasteiger partial charge in [-0.05, 0) is 24.8 Å². The molecule has 0 spiro atoms. The number of amidine groups is 1. The number of β-amino-alcohol motifs (C(OH)–C–C–N with tert-alkyl or cyclic N) is 1. The van der Waals surface area contributed by atoms with E-state index in [2.05, 4.69) is 48.7 Å². The largest absolute Gasteiger partial charge is 0.391 e. The highest BCUT2D eigenvalue weighted by Crippen LogP contribution is 2.35. The molecule has 190 valence electrons. The van der Waals surface area contributed by atoms with Crippen molar-refractivity contribution in [1.29, 1.82) is 0 Å². The molecule has 8 nitrogen and oxygen atoms in total. The van der Waals surface area contributed by atoms with Gasteiger partial charge in [-0.3, -0.25) is 4.79 Å². The third kappa shape index (κ3) is 5.28. The van der Waals surface area contributed by atoms with E-state index in [0.29, 0.717) is 12.3 Å². The molecule has 3 heterocycles. The summed E-state index contributed by atoms with van der Waals surface area (Å²) in [6, 6.07) is 7.52. The van der Waals surface area contributed by atoms with Gasteiger partial charge in [0.05, 0.1) is 34.3 Å². The first kappa shape index (κ1) is 25.8. The summed E-state index contributed by atoms with van der Waals surface area (Å²) in [5, 5.41) is 13.9. The van der Waals surface area contributed by atoms with Crippen LogP contribution in [-0.2, 0) is 15.4 Å². The minimum absolute atomic E-state index is 0.0323. The average Bonchev–Trinajstić information content (AvgIpc) is 3.49. The zero-order valence-electron chi connectivity index (χ0n) is 21.6. The molecule has 35 heavy (non-hydrogen) atoms. The zero-order valence-corrected chi connectivity index (χ0v) is 22.4. The Balaban J connectivity index is 1.58. The summed E-state index contributed by atoms with van der Waals surface area (Å²) in [4.78, 5) is 31.7. The first-order valence-electron chi connectivity index (χ1n) is 12.2. The third-order valence-electron chi connectivity index (χ3n) is 6.61. The number of amides is 1. The number of likely N-dealkylation sites (tertiary alicyclic amines) is 1. The number of aliphatic hydroxyl groups is 1. The summed E-state index contributed by atoms with van der Waals surface area (Å²) in [5.41, 5.74) is 6.63. The van der Waals surface area contributed by atoms with E-state index in [1.165, 1.54) is 0 Å². The number of hydrogen-bond donors (Lipinski definition) is 3. The second-order valence-electron chi connectivity index (χ2n) is 11.0. The summed E-state index contributed by atoms with van der Waals surface area (Å²) >= 11 is 1.62. The average molecular weight is 500 g/mol. The molecule has 3 unspecified atom stereocenters. The number of benzene rings is 1. The maximum absolute atomic E-state index is 13.7. The van der Waals surface area contributed by atoms with Gasteiger partial charge in [-0.1, -0.05) is 58.9 Å². The Kier molecular flexibility index (Phi) is 7.07. The summed E-state index contributed by atoms with van der Waals surface area (Å²) in [7, 11) is 0. The van der Waals surface area contributed by atoms with Gasteiger partial charge in [0.1, 0.15) is 5.84 Å². The van der Waals surface area contributed by atoms with Crippen LogP contribution in [0.2, 0.25) is 0 Å². The molecule has 0 bridgehead atoms. The lowest BCUT2D eigenvalue weighted by Crippen LogP contribution is -2.57. The highest BCUT2D eigenvalue weighted by atomic mass is 32.1. The molecule has 2 aromatic rings. The van der Waals surface area contributed by atoms with Crippen LogP contribution in [0.25, 0.3) is 10.4 Å². The number of aryl methyl sites for hydroxylation is 1. The van der Waals surface area contributed by atoms with Crippen molar-refractivity contribution in [2.24, 2.45) is 10.4 Å². The van der Waals surface area contributed by atoms with Crippen LogP contribution < -0.4 is 10.8 Å². The van der Waals surface area contributed by atoms with Gasteiger partial charge in [0.25, 0.3) is 0 Å². The predicted molar refractivity (Wildman–Crippen MR) is 139 cm³/mol. The fraction of sp³-hybridized carbons (Fsp3) is 0.577. The minimum atomic E-state index is -0.932. The standard InChI is InChI=1S/C26H37N5O3S/c1-15(2)28-22(25(4,5)6)24(33)31-13-19(32)12-20(31)23-29-26(7,34-30-23)18-10-8-17(9-11-18)21-16(3)27-14-35-21/h8-11,14-15,19-20,22,28,32H,12-13H2,1-7H3,(H,29,30)/t19-,20?,22?,26?/m1/s1. The number of rotatable bonds is 6. The molecule has 0 radical (unpaired) electrons. The number of nitrogens with zero attached hydrogens (tertiary/aromatic N) is 3. The number of carbonyl (C=O) groups is 1. The van der Waals surface area contributed by atoms with Crippen molar-refractivity contribution in [2.75, 3.05) is 6.54 Å². The van der Waals surface area contributed by atoms with E-state index in [4.69, 9.17) is 9.83 Å². The van der Waals surface area contributed by atoms with Crippen LogP contribution in [-0.4, -0.2) is 57.5 Å². The van der Waals surface area contributed by atoms with E-state index in [-0.39, 0.29) is 36.0 Å². The highest BCUT2D eigenvalue weighted by Gasteiger charge is 2.46. The Labute approximate surface area is 211 Å². The number of hydroxylamine groups is 1. The molecule has 2 aliphatic heterocycles. The lowest BCUT2D eigenvalue weighted by atomic mass is 9.85. The van der Waals surface area contributed by atoms with Crippen LogP contribution in [0.3, 0.4) is 0 Å². The molecule has 1 saturated heterocycles. The summed E-state index contributed by atoms with van der Waals surface area (Å²) in [6.07, 6.45) is -0.194. The van der Waals surface area contributed by atoms with E-state index in [9.17, 15) is 9.90 Å². The topological polar surface area (TPSA) is 99.1 Å². The molecule has 4 atom stereocenters. The third-order valence-corrected chi connectivity index (χ3v) is 7.58. The number of aromatic nitrogens is 1. The second kappa shape index (κ2) is 9.61. The molecule has 0 saturated carbocycles. The van der Waals surface area contributed by atoms with Gasteiger partial charge in [0.15, 0.2) is 0 Å². The van der Waals surface area contributed by atoms with E-state index < -0.39 is 11.8 Å². The number of hydrogen-bond acceptors (Lipinski definition) is 8. The zero-order chi connectivity index (χ0) is 25.5. The van der Waals surface area contributed by atoms with Gasteiger partial charge in [-0.15, -0.1) is 11.3 Å². The van der Waals surface area contributed by atoms with E-state index >= 15 is 0 Å². The molecule has 2 aliphatic rings. The van der Waals surface area contributed by atoms with Gasteiger partial charge in [0.2, 0.25) is 11.6 Å². The highest BCUT2D eigenvalue weighted by molar-refractivity contribution is 7.13. The van der Waals surface area contributed by atoms with Crippen LogP contribution >= 0.6 is 11.3 Å². The van der Waals surface area contributed by atoms with Gasteiger partial charge in [-0.25, -0.2) is 20.3 Å². The number of thiazole rings is 1. The van der Waals surface area contributed by atoms with Crippen molar-refractivity contribution in [3.8, 4) is 10.4 Å². The number of carbonyl (C=O) groups excluding carboxylic acids is 1. The van der Waals surface area contributed by atoms with E-state index in [1.54, 1.807) is 16.2 Å². The molecule has 1 amide bonds. The molecule has 9 heteroatoms. The maximum atomic E-state index is 13.7. The molecule has 1 fully saturated rings. The lowest BCUT2D eigenvalue weighted by molar-refractivity contribution is -0.136. The molecule has 0 aliphatic carbocycles. The number of aliphatic imine (C=N–C) groups is 1. The molecular weight excluding hydrogens is 462 g/mol. The van der Waals surface area contributed by atoms with Gasteiger partial charge < -0.3 is 15.3 Å². The minimum Gasteiger partial charge on any atom is -0.391 e. The lowest BCUT2D eigenvalue weighted by Gasteiger charge is -2.36. The predicted octanol–water partition coefficient (Wildman–Crippen LogP) is 3.60. The van der Waals surface area contributed by atoms with Crippen LogP contribution in [0.5, 0.6) is 0 Å². The summed E-state index contributed by atoms with van der Waals surface area (Å²) in [6.45, 7) is 14.4. The summed E-state index contributed by atoms with van der Waals surface area (Å²) < 4.78 is 0. The van der Waals surface area contributed by atoms with Gasteiger partial charge in [0, 0.05) is 24.6 Å². The quantitative estimate of drug-likeness (QED) is 0.562. The fourth-order valence-electron chi connectivity index (χ4n) is 4.71. The summed E-state index contributed by atoms with van der Waals surface area (Å²) in [5.74, 6) is 0.534. The number of nitrogens with one attached hydrogen (secondary N) is 2. The molecule has 1 aromatic heterocycles. The molecule has 3 N–H and O–H groups in total. The van der Waals surface area contributed by atoms with Crippen molar-refractivity contribution in [3.05, 3.63) is 41.0 Å². The smallest absolute Gasteiger partial charge is 0.240 e. The Morgan fingerprint density at radius 1 is 1.31 bits per heavy atom. The van der Waals surface area contributed by atoms with Crippen LogP contribution in [0.4, 0.5) is 0 Å². The van der Waals surface area contributed by atoms with E-state index in [1.807, 2.05) is 45.3 Å². The normalized spacial score (nSPS) is 25.6. The fourth-order valence-corrected chi connectivity index (χ4v) is 5.52. The number of aliphatic hydroxyl groups excluding tert-OH is 1. The van der Waals surface area contributed by atoms with Gasteiger partial charge in [-0.2, -0.15) is 0 Å². The van der Waals surface area contributed by atoms with E-state index in [0.717, 1.165) is 21.7 Å². The molecule has 4 rings (SSSR count). The Morgan fingerprint density at radius 2 is 2.00 bits per heavy atom. The second-order valence-corrected chi connectivity index (χ2v) is 11.9. The maximum Gasteiger partial charge on any atom is 0.240 e. The van der Waals surface area contributed by atoms with Crippen LogP contribution in [0.1, 0.15) is 59.2 Å². The first-order chi connectivity index (χ1) is 16.4. The van der Waals surface area contributed by atoms with Crippen molar-refractivity contribution < 1.29 is 14.7 Å². The first-order valence-corrected chi connectivity index (χ1v) is 13.1. The van der Waals surface area contributed by atoms with Crippen LogP contribution in [0.15, 0.2) is 34.8 Å². The van der Waals surface area contributed by atoms with Crippen molar-refractivity contribution in [2.45, 2.75) is 84.8 Å².